The number of nitrogens with zero attached hydrogens (tertiary/aromatic N) is 1. The molecule has 1 aromatic heterocycles. The predicted molar refractivity (Wildman–Crippen MR) is 81.4 cm³/mol. The fourth-order valence-corrected chi connectivity index (χ4v) is 1.90. The average molecular weight is 310 g/mol. The standard InChI is InChI=1S/C14H18N2O4S/c1-10(21(2)20)7-8-15-14(19)12-5-3-11(9-16-12)4-6-13(17)18/h3-6,9-10H,7-8H2,1-2H3,(H,15,19)(H,17,18)/b6-4+. The number of aliphatic carboxylic acids is 1. The van der Waals surface area contributed by atoms with Gasteiger partial charge in [-0.1, -0.05) is 13.0 Å². The lowest BCUT2D eigenvalue weighted by Gasteiger charge is -2.09. The van der Waals surface area contributed by atoms with E-state index < -0.39 is 16.8 Å². The smallest absolute Gasteiger partial charge is 0.328 e. The molecular formula is C14H18N2O4S. The van der Waals surface area contributed by atoms with E-state index in [1.165, 1.54) is 18.3 Å². The average Bonchev–Trinajstić information content (AvgIpc) is 2.45. The lowest BCUT2D eigenvalue weighted by molar-refractivity contribution is -0.131. The Morgan fingerprint density at radius 1 is 1.48 bits per heavy atom. The molecule has 7 heteroatoms. The van der Waals surface area contributed by atoms with Crippen LogP contribution in [0.3, 0.4) is 0 Å². The Balaban J connectivity index is 2.51. The second kappa shape index (κ2) is 8.31. The van der Waals surface area contributed by atoms with Crippen LogP contribution in [0.1, 0.15) is 29.4 Å². The van der Waals surface area contributed by atoms with Crippen molar-refractivity contribution in [2.24, 2.45) is 0 Å². The number of carbonyl (C=O) groups is 2. The van der Waals surface area contributed by atoms with Gasteiger partial charge in [-0.25, -0.2) is 4.79 Å². The molecule has 1 amide bonds. The van der Waals surface area contributed by atoms with Crippen LogP contribution >= 0.6 is 0 Å². The van der Waals surface area contributed by atoms with Crippen LogP contribution in [0.25, 0.3) is 6.08 Å². The third-order valence-electron chi connectivity index (χ3n) is 2.84. The highest BCUT2D eigenvalue weighted by atomic mass is 32.2. The van der Waals surface area contributed by atoms with Crippen LogP contribution in [0.4, 0.5) is 0 Å². The van der Waals surface area contributed by atoms with Gasteiger partial charge in [0, 0.05) is 41.1 Å². The molecule has 0 aliphatic carbocycles. The zero-order valence-corrected chi connectivity index (χ0v) is 12.7. The first kappa shape index (κ1) is 17.0. The van der Waals surface area contributed by atoms with Crippen molar-refractivity contribution in [1.82, 2.24) is 10.3 Å². The van der Waals surface area contributed by atoms with Gasteiger partial charge in [-0.2, -0.15) is 0 Å². The highest BCUT2D eigenvalue weighted by Gasteiger charge is 2.09. The summed E-state index contributed by atoms with van der Waals surface area (Å²) in [7, 11) is -0.901. The first-order valence-electron chi connectivity index (χ1n) is 6.37. The highest BCUT2D eigenvalue weighted by molar-refractivity contribution is 7.84. The minimum atomic E-state index is -1.04. The van der Waals surface area contributed by atoms with Gasteiger partial charge >= 0.3 is 5.97 Å². The monoisotopic (exact) mass is 310 g/mol. The second-order valence-corrected chi connectivity index (χ2v) is 6.30. The molecule has 114 valence electrons. The number of pyridine rings is 1. The molecule has 0 aliphatic rings. The second-order valence-electron chi connectivity index (χ2n) is 4.50. The summed E-state index contributed by atoms with van der Waals surface area (Å²) < 4.78 is 11.2. The summed E-state index contributed by atoms with van der Waals surface area (Å²) in [4.78, 5) is 26.2. The molecule has 1 rings (SSSR count). The largest absolute Gasteiger partial charge is 0.478 e. The van der Waals surface area contributed by atoms with Crippen LogP contribution in [0.15, 0.2) is 24.4 Å². The van der Waals surface area contributed by atoms with Gasteiger partial charge in [0.25, 0.3) is 5.91 Å². The molecule has 0 fully saturated rings. The van der Waals surface area contributed by atoms with E-state index >= 15 is 0 Å². The van der Waals surface area contributed by atoms with Gasteiger partial charge in [-0.15, -0.1) is 0 Å². The summed E-state index contributed by atoms with van der Waals surface area (Å²) in [5, 5.41) is 11.2. The number of hydrogen-bond donors (Lipinski definition) is 2. The molecule has 0 radical (unpaired) electrons. The van der Waals surface area contributed by atoms with E-state index in [0.29, 0.717) is 18.5 Å². The van der Waals surface area contributed by atoms with Crippen molar-refractivity contribution < 1.29 is 18.9 Å². The minimum absolute atomic E-state index is 0.0294. The van der Waals surface area contributed by atoms with Crippen LogP contribution in [-0.2, 0) is 15.6 Å². The number of nitrogens with one attached hydrogen (secondary N) is 1. The fourth-order valence-electron chi connectivity index (χ4n) is 1.45. The minimum Gasteiger partial charge on any atom is -0.478 e. The number of aromatic nitrogens is 1. The van der Waals surface area contributed by atoms with Crippen molar-refractivity contribution in [1.29, 1.82) is 0 Å². The highest BCUT2D eigenvalue weighted by Crippen LogP contribution is 2.03. The molecule has 2 atom stereocenters. The first-order valence-corrected chi connectivity index (χ1v) is 7.99. The predicted octanol–water partition coefficient (Wildman–Crippen LogP) is 1.07. The Bertz CT molecular complexity index is 555. The fraction of sp³-hybridized carbons (Fsp3) is 0.357. The van der Waals surface area contributed by atoms with E-state index in [1.54, 1.807) is 12.3 Å². The lowest BCUT2D eigenvalue weighted by atomic mass is 10.2. The number of hydrogen-bond acceptors (Lipinski definition) is 4. The topological polar surface area (TPSA) is 96.4 Å². The molecular weight excluding hydrogens is 292 g/mol. The molecule has 1 aromatic rings. The van der Waals surface area contributed by atoms with Crippen LogP contribution in [0.5, 0.6) is 0 Å². The Kier molecular flexibility index (Phi) is 6.74. The maximum Gasteiger partial charge on any atom is 0.328 e. The SMILES string of the molecule is CC(CCNC(=O)c1ccc(/C=C/C(=O)O)cn1)S(C)=O. The van der Waals surface area contributed by atoms with Gasteiger partial charge in [0.15, 0.2) is 0 Å². The van der Waals surface area contributed by atoms with Gasteiger partial charge in [0.2, 0.25) is 0 Å². The summed E-state index contributed by atoms with van der Waals surface area (Å²) in [6.07, 6.45) is 6.10. The van der Waals surface area contributed by atoms with Crippen molar-refractivity contribution >= 4 is 28.8 Å². The number of rotatable bonds is 7. The third-order valence-corrected chi connectivity index (χ3v) is 4.21. The molecule has 6 nitrogen and oxygen atoms in total. The maximum atomic E-state index is 11.8. The Labute approximate surface area is 125 Å². The molecule has 0 aromatic carbocycles. The van der Waals surface area contributed by atoms with Gasteiger partial charge in [-0.05, 0) is 24.1 Å². The van der Waals surface area contributed by atoms with E-state index in [2.05, 4.69) is 10.3 Å². The Hall–Kier alpha value is -2.02. The molecule has 2 N–H and O–H groups in total. The van der Waals surface area contributed by atoms with Crippen molar-refractivity contribution in [3.05, 3.63) is 35.7 Å². The lowest BCUT2D eigenvalue weighted by Crippen LogP contribution is -2.28. The number of amides is 1. The van der Waals surface area contributed by atoms with Crippen LogP contribution < -0.4 is 5.32 Å². The maximum absolute atomic E-state index is 11.8. The normalized spacial score (nSPS) is 13.8. The van der Waals surface area contributed by atoms with Crippen LogP contribution in [0, 0.1) is 0 Å². The first-order chi connectivity index (χ1) is 9.90. The molecule has 1 heterocycles. The van der Waals surface area contributed by atoms with Crippen molar-refractivity contribution in [3.63, 3.8) is 0 Å². The molecule has 2 unspecified atom stereocenters. The molecule has 0 saturated carbocycles. The van der Waals surface area contributed by atoms with Crippen molar-refractivity contribution in [2.75, 3.05) is 12.8 Å². The quantitative estimate of drug-likeness (QED) is 0.734. The van der Waals surface area contributed by atoms with Gasteiger partial charge in [0.05, 0.1) is 0 Å². The summed E-state index contributed by atoms with van der Waals surface area (Å²) in [6.45, 7) is 2.30. The molecule has 21 heavy (non-hydrogen) atoms. The van der Waals surface area contributed by atoms with Crippen molar-refractivity contribution in [2.45, 2.75) is 18.6 Å². The zero-order chi connectivity index (χ0) is 15.8. The van der Waals surface area contributed by atoms with E-state index in [1.807, 2.05) is 6.92 Å². The molecule has 0 bridgehead atoms. The van der Waals surface area contributed by atoms with E-state index in [0.717, 1.165) is 6.08 Å². The van der Waals surface area contributed by atoms with Crippen molar-refractivity contribution in [3.8, 4) is 0 Å². The Morgan fingerprint density at radius 2 is 2.19 bits per heavy atom. The van der Waals surface area contributed by atoms with Crippen LogP contribution in [-0.4, -0.2) is 44.2 Å². The summed E-state index contributed by atoms with van der Waals surface area (Å²) >= 11 is 0. The van der Waals surface area contributed by atoms with Gasteiger partial charge < -0.3 is 10.4 Å². The molecule has 0 aliphatic heterocycles. The van der Waals surface area contributed by atoms with Gasteiger partial charge in [0.1, 0.15) is 5.69 Å². The van der Waals surface area contributed by atoms with Gasteiger partial charge in [-0.3, -0.25) is 14.0 Å². The zero-order valence-electron chi connectivity index (χ0n) is 11.9. The van der Waals surface area contributed by atoms with E-state index in [9.17, 15) is 13.8 Å². The third kappa shape index (κ3) is 6.31. The summed E-state index contributed by atoms with van der Waals surface area (Å²) in [6, 6.07) is 3.14. The molecule has 0 saturated heterocycles. The summed E-state index contributed by atoms with van der Waals surface area (Å²) in [5.41, 5.74) is 0.858. The van der Waals surface area contributed by atoms with E-state index in [-0.39, 0.29) is 16.9 Å². The number of carbonyl (C=O) groups excluding carboxylic acids is 1. The summed E-state index contributed by atoms with van der Waals surface area (Å²) in [5.74, 6) is -1.35. The van der Waals surface area contributed by atoms with Crippen LogP contribution in [0.2, 0.25) is 0 Å². The molecule has 0 spiro atoms. The number of carboxylic acids is 1. The van der Waals surface area contributed by atoms with E-state index in [4.69, 9.17) is 5.11 Å². The Morgan fingerprint density at radius 3 is 2.71 bits per heavy atom. The number of carboxylic acid groups (broad SMARTS) is 1.